The molecule has 0 bridgehead atoms. The molecular formula is C13H19BrN2O2S. The Bertz CT molecular complexity index is 430. The van der Waals surface area contributed by atoms with Crippen LogP contribution in [0.4, 0.5) is 0 Å². The summed E-state index contributed by atoms with van der Waals surface area (Å²) in [6, 6.07) is 1.75. The maximum Gasteiger partial charge on any atom is 0.320 e. The van der Waals surface area contributed by atoms with E-state index in [0.717, 1.165) is 32.7 Å². The van der Waals surface area contributed by atoms with Gasteiger partial charge < -0.3 is 5.11 Å². The largest absolute Gasteiger partial charge is 0.480 e. The number of hydrogen-bond acceptors (Lipinski definition) is 4. The predicted molar refractivity (Wildman–Crippen MR) is 80.6 cm³/mol. The third kappa shape index (κ3) is 3.78. The molecular weight excluding hydrogens is 328 g/mol. The van der Waals surface area contributed by atoms with Crippen molar-refractivity contribution in [2.75, 3.05) is 26.2 Å². The van der Waals surface area contributed by atoms with Crippen LogP contribution in [0.3, 0.4) is 0 Å². The lowest BCUT2D eigenvalue weighted by Gasteiger charge is -2.37. The second-order valence-corrected chi connectivity index (χ2v) is 6.62. The van der Waals surface area contributed by atoms with Crippen molar-refractivity contribution < 1.29 is 9.90 Å². The summed E-state index contributed by atoms with van der Waals surface area (Å²) in [7, 11) is 0. The highest BCUT2D eigenvalue weighted by Crippen LogP contribution is 2.24. The van der Waals surface area contributed by atoms with Gasteiger partial charge in [0.05, 0.1) is 0 Å². The quantitative estimate of drug-likeness (QED) is 0.889. The summed E-state index contributed by atoms with van der Waals surface area (Å²) in [5.74, 6) is -0.697. The molecule has 1 aromatic heterocycles. The molecule has 0 aromatic carbocycles. The first kappa shape index (κ1) is 15.0. The molecule has 6 heteroatoms. The van der Waals surface area contributed by atoms with E-state index in [0.29, 0.717) is 6.42 Å². The Morgan fingerprint density at radius 3 is 2.63 bits per heavy atom. The number of halogens is 1. The van der Waals surface area contributed by atoms with Gasteiger partial charge in [0.1, 0.15) is 6.04 Å². The Morgan fingerprint density at radius 2 is 2.16 bits per heavy atom. The summed E-state index contributed by atoms with van der Waals surface area (Å²) < 4.78 is 1.18. The molecule has 1 unspecified atom stereocenters. The van der Waals surface area contributed by atoms with Crippen LogP contribution in [0.5, 0.6) is 0 Å². The van der Waals surface area contributed by atoms with Gasteiger partial charge in [-0.1, -0.05) is 6.92 Å². The SMILES string of the molecule is CCC(C(=O)O)N1CCN(Cc2sccc2Br)CC1. The Kier molecular flexibility index (Phi) is 5.38. The molecule has 0 radical (unpaired) electrons. The van der Waals surface area contributed by atoms with E-state index < -0.39 is 5.97 Å². The van der Waals surface area contributed by atoms with Crippen molar-refractivity contribution in [3.63, 3.8) is 0 Å². The molecule has 0 spiro atoms. The van der Waals surface area contributed by atoms with Gasteiger partial charge in [-0.05, 0) is 33.8 Å². The van der Waals surface area contributed by atoms with E-state index in [-0.39, 0.29) is 6.04 Å². The topological polar surface area (TPSA) is 43.8 Å². The van der Waals surface area contributed by atoms with Crippen LogP contribution < -0.4 is 0 Å². The van der Waals surface area contributed by atoms with Crippen LogP contribution in [0.15, 0.2) is 15.9 Å². The summed E-state index contributed by atoms with van der Waals surface area (Å²) in [6.07, 6.45) is 0.672. The average Bonchev–Trinajstić information content (AvgIpc) is 2.78. The van der Waals surface area contributed by atoms with Gasteiger partial charge in [0.2, 0.25) is 0 Å². The lowest BCUT2D eigenvalue weighted by molar-refractivity contribution is -0.144. The van der Waals surface area contributed by atoms with Crippen molar-refractivity contribution in [2.24, 2.45) is 0 Å². The number of thiophene rings is 1. The fraction of sp³-hybridized carbons (Fsp3) is 0.615. The Hall–Kier alpha value is -0.430. The Balaban J connectivity index is 1.85. The number of rotatable bonds is 5. The first-order valence-electron chi connectivity index (χ1n) is 6.53. The molecule has 1 aromatic rings. The second kappa shape index (κ2) is 6.83. The normalized spacial score (nSPS) is 19.5. The zero-order valence-corrected chi connectivity index (χ0v) is 13.4. The molecule has 0 saturated carbocycles. The van der Waals surface area contributed by atoms with Gasteiger partial charge in [0, 0.05) is 42.1 Å². The van der Waals surface area contributed by atoms with Crippen molar-refractivity contribution in [2.45, 2.75) is 25.9 Å². The molecule has 2 heterocycles. The molecule has 0 amide bonds. The predicted octanol–water partition coefficient (Wildman–Crippen LogP) is 2.49. The summed E-state index contributed by atoms with van der Waals surface area (Å²) >= 11 is 5.32. The average molecular weight is 347 g/mol. The fourth-order valence-corrected chi connectivity index (χ4v) is 3.98. The number of carboxylic acid groups (broad SMARTS) is 1. The van der Waals surface area contributed by atoms with E-state index in [9.17, 15) is 9.90 Å². The van der Waals surface area contributed by atoms with Gasteiger partial charge in [-0.15, -0.1) is 11.3 Å². The van der Waals surface area contributed by atoms with E-state index in [1.54, 1.807) is 11.3 Å². The van der Waals surface area contributed by atoms with Crippen molar-refractivity contribution in [3.8, 4) is 0 Å². The van der Waals surface area contributed by atoms with Gasteiger partial charge in [-0.25, -0.2) is 0 Å². The Labute approximate surface area is 126 Å². The van der Waals surface area contributed by atoms with Crippen molar-refractivity contribution >= 4 is 33.2 Å². The lowest BCUT2D eigenvalue weighted by atomic mass is 10.1. The first-order chi connectivity index (χ1) is 9.11. The summed E-state index contributed by atoms with van der Waals surface area (Å²) in [6.45, 7) is 6.45. The van der Waals surface area contributed by atoms with E-state index in [1.807, 2.05) is 6.92 Å². The van der Waals surface area contributed by atoms with Gasteiger partial charge >= 0.3 is 5.97 Å². The molecule has 1 N–H and O–H groups in total. The zero-order valence-electron chi connectivity index (χ0n) is 11.0. The van der Waals surface area contributed by atoms with Crippen LogP contribution in [-0.4, -0.2) is 53.1 Å². The lowest BCUT2D eigenvalue weighted by Crippen LogP contribution is -2.52. The van der Waals surface area contributed by atoms with Crippen molar-refractivity contribution in [3.05, 3.63) is 20.8 Å². The number of carbonyl (C=O) groups is 1. The minimum absolute atomic E-state index is 0.323. The smallest absolute Gasteiger partial charge is 0.320 e. The molecule has 1 atom stereocenters. The number of piperazine rings is 1. The van der Waals surface area contributed by atoms with Gasteiger partial charge in [0.25, 0.3) is 0 Å². The number of carboxylic acids is 1. The number of aliphatic carboxylic acids is 1. The Morgan fingerprint density at radius 1 is 1.47 bits per heavy atom. The van der Waals surface area contributed by atoms with Crippen LogP contribution in [-0.2, 0) is 11.3 Å². The monoisotopic (exact) mass is 346 g/mol. The molecule has 4 nitrogen and oxygen atoms in total. The second-order valence-electron chi connectivity index (χ2n) is 4.77. The number of nitrogens with zero attached hydrogens (tertiary/aromatic N) is 2. The zero-order chi connectivity index (χ0) is 13.8. The van der Waals surface area contributed by atoms with Crippen molar-refractivity contribution in [1.29, 1.82) is 0 Å². The number of hydrogen-bond donors (Lipinski definition) is 1. The third-order valence-electron chi connectivity index (χ3n) is 3.58. The standard InChI is InChI=1S/C13H19BrN2O2S/c1-2-11(13(17)18)16-6-4-15(5-7-16)9-12-10(14)3-8-19-12/h3,8,11H,2,4-7,9H2,1H3,(H,17,18). The van der Waals surface area contributed by atoms with Crippen LogP contribution in [0.25, 0.3) is 0 Å². The van der Waals surface area contributed by atoms with Gasteiger partial charge in [-0.2, -0.15) is 0 Å². The molecule has 2 rings (SSSR count). The fourth-order valence-electron chi connectivity index (χ4n) is 2.46. The molecule has 1 aliphatic rings. The van der Waals surface area contributed by atoms with Crippen LogP contribution in [0.1, 0.15) is 18.2 Å². The van der Waals surface area contributed by atoms with E-state index in [2.05, 4.69) is 37.2 Å². The highest BCUT2D eigenvalue weighted by molar-refractivity contribution is 9.10. The third-order valence-corrected chi connectivity index (χ3v) is 5.49. The van der Waals surface area contributed by atoms with Crippen LogP contribution in [0, 0.1) is 0 Å². The van der Waals surface area contributed by atoms with Gasteiger partial charge in [-0.3, -0.25) is 14.6 Å². The molecule has 19 heavy (non-hydrogen) atoms. The molecule has 0 aliphatic carbocycles. The summed E-state index contributed by atoms with van der Waals surface area (Å²) in [5, 5.41) is 11.3. The van der Waals surface area contributed by atoms with Gasteiger partial charge in [0.15, 0.2) is 0 Å². The first-order valence-corrected chi connectivity index (χ1v) is 8.20. The molecule has 106 valence electrons. The van der Waals surface area contributed by atoms with Crippen LogP contribution >= 0.6 is 27.3 Å². The molecule has 1 saturated heterocycles. The van der Waals surface area contributed by atoms with Crippen molar-refractivity contribution in [1.82, 2.24) is 9.80 Å². The van der Waals surface area contributed by atoms with E-state index in [4.69, 9.17) is 0 Å². The summed E-state index contributed by atoms with van der Waals surface area (Å²) in [5.41, 5.74) is 0. The van der Waals surface area contributed by atoms with E-state index >= 15 is 0 Å². The van der Waals surface area contributed by atoms with E-state index in [1.165, 1.54) is 9.35 Å². The minimum Gasteiger partial charge on any atom is -0.480 e. The minimum atomic E-state index is -0.697. The molecule has 1 fully saturated rings. The maximum absolute atomic E-state index is 11.2. The highest BCUT2D eigenvalue weighted by Gasteiger charge is 2.27. The maximum atomic E-state index is 11.2. The highest BCUT2D eigenvalue weighted by atomic mass is 79.9. The molecule has 1 aliphatic heterocycles. The van der Waals surface area contributed by atoms with Crippen LogP contribution in [0.2, 0.25) is 0 Å². The summed E-state index contributed by atoms with van der Waals surface area (Å²) in [4.78, 5) is 17.0.